The predicted octanol–water partition coefficient (Wildman–Crippen LogP) is 3.95. The number of benzene rings is 1. The van der Waals surface area contributed by atoms with E-state index in [1.165, 1.54) is 0 Å². The van der Waals surface area contributed by atoms with Gasteiger partial charge in [0.05, 0.1) is 23.9 Å². The fourth-order valence-electron chi connectivity index (χ4n) is 2.71. The molecule has 3 rings (SSSR count). The number of nitrogens with zero attached hydrogens (tertiary/aromatic N) is 2. The number of nitrogens with two attached hydrogens (primary N) is 1. The molecule has 1 atom stereocenters. The highest BCUT2D eigenvalue weighted by molar-refractivity contribution is 9.10. The minimum atomic E-state index is -0.513. The number of rotatable bonds is 4. The molecule has 0 aliphatic heterocycles. The zero-order valence-corrected chi connectivity index (χ0v) is 15.1. The van der Waals surface area contributed by atoms with E-state index >= 15 is 0 Å². The number of aliphatic hydroxyl groups is 1. The van der Waals surface area contributed by atoms with E-state index in [2.05, 4.69) is 31.2 Å². The fourth-order valence-corrected chi connectivity index (χ4v) is 3.08. The van der Waals surface area contributed by atoms with Crippen molar-refractivity contribution < 1.29 is 5.11 Å². The van der Waals surface area contributed by atoms with Gasteiger partial charge in [-0.25, -0.2) is 4.98 Å². The third-order valence-electron chi connectivity index (χ3n) is 3.88. The number of aryl methyl sites for hydroxylation is 1. The highest BCUT2D eigenvalue weighted by atomic mass is 79.9. The number of hydrogen-bond donors (Lipinski definition) is 3. The standard InChI is InChI=1S/C18H19BrN4O/c1-10-14(11(2)24)5-4-13(22-10)9-21-17-8-18(20)23-16-6-3-12(19)7-15(16)17/h3-8,11,24H,9H2,1-2H3,(H3,20,21,23). The van der Waals surface area contributed by atoms with Crippen LogP contribution >= 0.6 is 15.9 Å². The molecule has 0 saturated carbocycles. The first-order valence-electron chi connectivity index (χ1n) is 7.68. The van der Waals surface area contributed by atoms with Gasteiger partial charge in [0.2, 0.25) is 0 Å². The van der Waals surface area contributed by atoms with Gasteiger partial charge in [-0.1, -0.05) is 22.0 Å². The van der Waals surface area contributed by atoms with Gasteiger partial charge in [0.25, 0.3) is 0 Å². The molecule has 0 fully saturated rings. The van der Waals surface area contributed by atoms with Crippen molar-refractivity contribution in [3.8, 4) is 0 Å². The first-order valence-corrected chi connectivity index (χ1v) is 8.47. The molecule has 0 radical (unpaired) electrons. The zero-order chi connectivity index (χ0) is 17.3. The lowest BCUT2D eigenvalue weighted by atomic mass is 10.1. The van der Waals surface area contributed by atoms with Crippen LogP contribution in [0.15, 0.2) is 40.9 Å². The van der Waals surface area contributed by atoms with E-state index in [4.69, 9.17) is 5.73 Å². The molecule has 2 heterocycles. The molecule has 24 heavy (non-hydrogen) atoms. The number of nitrogens with one attached hydrogen (secondary N) is 1. The summed E-state index contributed by atoms with van der Waals surface area (Å²) in [5.74, 6) is 0.473. The minimum Gasteiger partial charge on any atom is -0.389 e. The highest BCUT2D eigenvalue weighted by Crippen LogP contribution is 2.27. The Morgan fingerprint density at radius 3 is 2.71 bits per heavy atom. The summed E-state index contributed by atoms with van der Waals surface area (Å²) in [5, 5.41) is 14.1. The lowest BCUT2D eigenvalue weighted by molar-refractivity contribution is 0.198. The van der Waals surface area contributed by atoms with Gasteiger partial charge < -0.3 is 16.2 Å². The van der Waals surface area contributed by atoms with E-state index < -0.39 is 6.10 Å². The number of halogens is 1. The van der Waals surface area contributed by atoms with Crippen LogP contribution in [0.2, 0.25) is 0 Å². The van der Waals surface area contributed by atoms with Crippen molar-refractivity contribution in [2.45, 2.75) is 26.5 Å². The van der Waals surface area contributed by atoms with Crippen LogP contribution in [0.3, 0.4) is 0 Å². The molecule has 1 aromatic carbocycles. The SMILES string of the molecule is Cc1nc(CNc2cc(N)nc3ccc(Br)cc23)ccc1C(C)O. The second kappa shape index (κ2) is 6.75. The van der Waals surface area contributed by atoms with Gasteiger partial charge in [-0.3, -0.25) is 4.98 Å². The van der Waals surface area contributed by atoms with Crippen molar-refractivity contribution in [2.75, 3.05) is 11.1 Å². The van der Waals surface area contributed by atoms with Crippen LogP contribution in [-0.4, -0.2) is 15.1 Å². The van der Waals surface area contributed by atoms with E-state index in [1.807, 2.05) is 43.3 Å². The van der Waals surface area contributed by atoms with Crippen molar-refractivity contribution in [1.82, 2.24) is 9.97 Å². The van der Waals surface area contributed by atoms with Gasteiger partial charge in [-0.2, -0.15) is 0 Å². The molecule has 0 aliphatic rings. The molecule has 0 amide bonds. The number of aliphatic hydroxyl groups excluding tert-OH is 1. The largest absolute Gasteiger partial charge is 0.389 e. The fraction of sp³-hybridized carbons (Fsp3) is 0.222. The third-order valence-corrected chi connectivity index (χ3v) is 4.38. The molecule has 3 aromatic rings. The van der Waals surface area contributed by atoms with Crippen LogP contribution in [0.5, 0.6) is 0 Å². The first kappa shape index (κ1) is 16.7. The molecule has 0 spiro atoms. The average molecular weight is 387 g/mol. The number of anilines is 2. The Bertz CT molecular complexity index is 896. The van der Waals surface area contributed by atoms with Gasteiger partial charge in [-0.05, 0) is 38.1 Å². The molecule has 5 nitrogen and oxygen atoms in total. The Kier molecular flexibility index (Phi) is 4.69. The van der Waals surface area contributed by atoms with Crippen LogP contribution < -0.4 is 11.1 Å². The lowest BCUT2D eigenvalue weighted by Crippen LogP contribution is -2.06. The molecule has 124 valence electrons. The van der Waals surface area contributed by atoms with Crippen molar-refractivity contribution >= 4 is 38.3 Å². The molecular formula is C18H19BrN4O. The second-order valence-corrected chi connectivity index (χ2v) is 6.68. The zero-order valence-electron chi connectivity index (χ0n) is 13.5. The molecule has 2 aromatic heterocycles. The Morgan fingerprint density at radius 1 is 1.21 bits per heavy atom. The summed E-state index contributed by atoms with van der Waals surface area (Å²) in [7, 11) is 0. The molecule has 6 heteroatoms. The summed E-state index contributed by atoms with van der Waals surface area (Å²) in [6.45, 7) is 4.21. The maximum Gasteiger partial charge on any atom is 0.126 e. The van der Waals surface area contributed by atoms with E-state index in [0.29, 0.717) is 12.4 Å². The molecule has 0 saturated heterocycles. The van der Waals surface area contributed by atoms with Gasteiger partial charge in [0.1, 0.15) is 5.82 Å². The van der Waals surface area contributed by atoms with Crippen LogP contribution in [0.25, 0.3) is 10.9 Å². The van der Waals surface area contributed by atoms with E-state index in [0.717, 1.165) is 38.0 Å². The quantitative estimate of drug-likeness (QED) is 0.631. The van der Waals surface area contributed by atoms with Crippen LogP contribution in [0, 0.1) is 6.92 Å². The summed E-state index contributed by atoms with van der Waals surface area (Å²) in [6.07, 6.45) is -0.513. The predicted molar refractivity (Wildman–Crippen MR) is 101 cm³/mol. The summed E-state index contributed by atoms with van der Waals surface area (Å²) >= 11 is 3.49. The average Bonchev–Trinajstić information content (AvgIpc) is 2.52. The minimum absolute atomic E-state index is 0.473. The van der Waals surface area contributed by atoms with Crippen molar-refractivity contribution in [1.29, 1.82) is 0 Å². The third kappa shape index (κ3) is 3.49. The van der Waals surface area contributed by atoms with E-state index in [1.54, 1.807) is 6.92 Å². The van der Waals surface area contributed by atoms with Gasteiger partial charge in [0.15, 0.2) is 0 Å². The molecule has 4 N–H and O–H groups in total. The summed E-state index contributed by atoms with van der Waals surface area (Å²) < 4.78 is 0.986. The number of fused-ring (bicyclic) bond motifs is 1. The topological polar surface area (TPSA) is 84.1 Å². The summed E-state index contributed by atoms with van der Waals surface area (Å²) in [5.41, 5.74) is 10.2. The first-order chi connectivity index (χ1) is 11.4. The van der Waals surface area contributed by atoms with Crippen molar-refractivity contribution in [3.05, 3.63) is 57.8 Å². The Morgan fingerprint density at radius 2 is 2.00 bits per heavy atom. The maximum atomic E-state index is 9.70. The number of hydrogen-bond acceptors (Lipinski definition) is 5. The number of pyridine rings is 2. The summed E-state index contributed by atoms with van der Waals surface area (Å²) in [4.78, 5) is 8.90. The Labute approximate surface area is 149 Å². The number of nitrogen functional groups attached to an aromatic ring is 1. The van der Waals surface area contributed by atoms with Crippen LogP contribution in [0.1, 0.15) is 30.0 Å². The second-order valence-electron chi connectivity index (χ2n) is 5.76. The monoisotopic (exact) mass is 386 g/mol. The van der Waals surface area contributed by atoms with Crippen molar-refractivity contribution in [3.63, 3.8) is 0 Å². The maximum absolute atomic E-state index is 9.70. The molecule has 0 bridgehead atoms. The lowest BCUT2D eigenvalue weighted by Gasteiger charge is -2.13. The molecule has 0 aliphatic carbocycles. The van der Waals surface area contributed by atoms with Gasteiger partial charge >= 0.3 is 0 Å². The highest BCUT2D eigenvalue weighted by Gasteiger charge is 2.08. The van der Waals surface area contributed by atoms with Gasteiger partial charge in [-0.15, -0.1) is 0 Å². The summed E-state index contributed by atoms with van der Waals surface area (Å²) in [6, 6.07) is 11.6. The van der Waals surface area contributed by atoms with Crippen molar-refractivity contribution in [2.24, 2.45) is 0 Å². The normalized spacial score (nSPS) is 12.3. The molecule has 1 unspecified atom stereocenters. The Balaban J connectivity index is 1.88. The van der Waals surface area contributed by atoms with E-state index in [9.17, 15) is 5.11 Å². The van der Waals surface area contributed by atoms with Gasteiger partial charge in [0, 0.05) is 32.9 Å². The van der Waals surface area contributed by atoms with E-state index in [-0.39, 0.29) is 0 Å². The van der Waals surface area contributed by atoms with Crippen LogP contribution in [-0.2, 0) is 6.54 Å². The Hall–Kier alpha value is -2.18. The van der Waals surface area contributed by atoms with Crippen LogP contribution in [0.4, 0.5) is 11.5 Å². The molecular weight excluding hydrogens is 368 g/mol. The number of aromatic nitrogens is 2. The smallest absolute Gasteiger partial charge is 0.126 e.